The van der Waals surface area contributed by atoms with E-state index < -0.39 is 17.5 Å². The first kappa shape index (κ1) is 18.5. The number of halogens is 2. The molecule has 2 amide bonds. The maximum atomic E-state index is 12.4. The topological polar surface area (TPSA) is 96.1 Å². The molecule has 1 atom stereocenters. The predicted octanol–water partition coefficient (Wildman–Crippen LogP) is 3.27. The van der Waals surface area contributed by atoms with Crippen molar-refractivity contribution in [3.63, 3.8) is 0 Å². The molecule has 0 aliphatic carbocycles. The van der Waals surface area contributed by atoms with Crippen molar-refractivity contribution in [1.82, 2.24) is 15.5 Å². The number of rotatable bonds is 5. The molecular weight excluding hydrogens is 447 g/mol. The van der Waals surface area contributed by atoms with Crippen LogP contribution in [0.15, 0.2) is 30.6 Å². The predicted molar refractivity (Wildman–Crippen MR) is 98.9 cm³/mol. The standard InChI is InChI=1S/C15H16ClIN4O3/c1-15(6-13(22)24-2,9-7-18-19-8-9)21-14(23)20-12-4-3-10(17)5-11(12)16/h3-5,7-8H,6H2,1-2H3,(H,18,19)(H2,20,21,23). The maximum Gasteiger partial charge on any atom is 0.319 e. The molecule has 1 aromatic heterocycles. The van der Waals surface area contributed by atoms with Crippen LogP contribution in [0.1, 0.15) is 18.9 Å². The average Bonchev–Trinajstić information content (AvgIpc) is 3.05. The second kappa shape index (κ2) is 7.84. The second-order valence-electron chi connectivity index (χ2n) is 5.28. The molecule has 3 N–H and O–H groups in total. The zero-order valence-electron chi connectivity index (χ0n) is 13.0. The third-order valence-corrected chi connectivity index (χ3v) is 4.41. The number of hydrogen-bond acceptors (Lipinski definition) is 4. The minimum absolute atomic E-state index is 0.0448. The van der Waals surface area contributed by atoms with E-state index in [9.17, 15) is 9.59 Å². The van der Waals surface area contributed by atoms with Crippen LogP contribution in [0.3, 0.4) is 0 Å². The van der Waals surface area contributed by atoms with E-state index in [1.54, 1.807) is 31.5 Å². The highest BCUT2D eigenvalue weighted by atomic mass is 127. The second-order valence-corrected chi connectivity index (χ2v) is 6.93. The van der Waals surface area contributed by atoms with E-state index in [4.69, 9.17) is 16.3 Å². The number of benzene rings is 1. The fraction of sp³-hybridized carbons (Fsp3) is 0.267. The lowest BCUT2D eigenvalue weighted by atomic mass is 9.91. The van der Waals surface area contributed by atoms with Crippen molar-refractivity contribution >= 4 is 51.9 Å². The van der Waals surface area contributed by atoms with Crippen LogP contribution in [0.4, 0.5) is 10.5 Å². The Hall–Kier alpha value is -1.81. The maximum absolute atomic E-state index is 12.4. The van der Waals surface area contributed by atoms with E-state index in [1.807, 2.05) is 6.07 Å². The average molecular weight is 463 g/mol. The number of aromatic nitrogens is 2. The van der Waals surface area contributed by atoms with Gasteiger partial charge in [-0.15, -0.1) is 0 Å². The molecule has 0 saturated carbocycles. The Morgan fingerprint density at radius 3 is 2.79 bits per heavy atom. The summed E-state index contributed by atoms with van der Waals surface area (Å²) in [4.78, 5) is 24.1. The fourth-order valence-electron chi connectivity index (χ4n) is 2.13. The molecule has 2 rings (SSSR count). The molecule has 0 bridgehead atoms. The molecule has 24 heavy (non-hydrogen) atoms. The highest BCUT2D eigenvalue weighted by molar-refractivity contribution is 14.1. The van der Waals surface area contributed by atoms with Crippen molar-refractivity contribution in [3.05, 3.63) is 44.7 Å². The summed E-state index contributed by atoms with van der Waals surface area (Å²) in [5.74, 6) is -0.453. The Balaban J connectivity index is 2.16. The van der Waals surface area contributed by atoms with E-state index in [0.29, 0.717) is 16.3 Å². The number of methoxy groups -OCH3 is 1. The smallest absolute Gasteiger partial charge is 0.319 e. The van der Waals surface area contributed by atoms with Crippen LogP contribution in [0.2, 0.25) is 5.02 Å². The Morgan fingerprint density at radius 2 is 2.21 bits per heavy atom. The van der Waals surface area contributed by atoms with Crippen molar-refractivity contribution in [2.75, 3.05) is 12.4 Å². The molecule has 1 aromatic carbocycles. The molecule has 0 aliphatic rings. The minimum Gasteiger partial charge on any atom is -0.469 e. The SMILES string of the molecule is COC(=O)CC(C)(NC(=O)Nc1ccc(I)cc1Cl)c1cn[nH]c1. The summed E-state index contributed by atoms with van der Waals surface area (Å²) in [5.41, 5.74) is 0.138. The van der Waals surface area contributed by atoms with Crippen LogP contribution in [0, 0.1) is 3.57 Å². The molecule has 9 heteroatoms. The van der Waals surface area contributed by atoms with Gasteiger partial charge in [0, 0.05) is 15.3 Å². The van der Waals surface area contributed by atoms with Crippen LogP contribution >= 0.6 is 34.2 Å². The summed E-state index contributed by atoms with van der Waals surface area (Å²) < 4.78 is 5.67. The van der Waals surface area contributed by atoms with E-state index in [2.05, 4.69) is 43.4 Å². The van der Waals surface area contributed by atoms with Crippen molar-refractivity contribution in [2.24, 2.45) is 0 Å². The largest absolute Gasteiger partial charge is 0.469 e. The third kappa shape index (κ3) is 4.60. The zero-order valence-corrected chi connectivity index (χ0v) is 15.9. The molecule has 2 aromatic rings. The van der Waals surface area contributed by atoms with Crippen LogP contribution in [-0.2, 0) is 15.1 Å². The van der Waals surface area contributed by atoms with Crippen molar-refractivity contribution in [3.8, 4) is 0 Å². The van der Waals surface area contributed by atoms with Crippen LogP contribution in [-0.4, -0.2) is 29.3 Å². The number of esters is 1. The summed E-state index contributed by atoms with van der Waals surface area (Å²) in [6, 6.07) is 4.78. The summed E-state index contributed by atoms with van der Waals surface area (Å²) in [7, 11) is 1.30. The molecule has 0 aliphatic heterocycles. The Labute approximate surface area is 157 Å². The van der Waals surface area contributed by atoms with Crippen molar-refractivity contribution in [1.29, 1.82) is 0 Å². The van der Waals surface area contributed by atoms with Gasteiger partial charge in [0.05, 0.1) is 36.0 Å². The van der Waals surface area contributed by atoms with Crippen molar-refractivity contribution < 1.29 is 14.3 Å². The van der Waals surface area contributed by atoms with Gasteiger partial charge < -0.3 is 15.4 Å². The van der Waals surface area contributed by atoms with Gasteiger partial charge in [0.25, 0.3) is 0 Å². The zero-order chi connectivity index (χ0) is 17.7. The number of carbonyl (C=O) groups excluding carboxylic acids is 2. The number of urea groups is 1. The molecule has 0 spiro atoms. The molecule has 1 heterocycles. The molecule has 0 radical (unpaired) electrons. The van der Waals surface area contributed by atoms with Gasteiger partial charge in [0.2, 0.25) is 0 Å². The molecular formula is C15H16ClIN4O3. The number of ether oxygens (including phenoxy) is 1. The molecule has 1 unspecified atom stereocenters. The summed E-state index contributed by atoms with van der Waals surface area (Å²) >= 11 is 8.24. The molecule has 128 valence electrons. The van der Waals surface area contributed by atoms with Gasteiger partial charge in [-0.05, 0) is 47.7 Å². The van der Waals surface area contributed by atoms with Crippen LogP contribution < -0.4 is 10.6 Å². The normalized spacial score (nSPS) is 13.0. The van der Waals surface area contributed by atoms with Gasteiger partial charge in [-0.3, -0.25) is 9.89 Å². The molecule has 0 saturated heterocycles. The number of nitrogens with zero attached hydrogens (tertiary/aromatic N) is 1. The Morgan fingerprint density at radius 1 is 1.46 bits per heavy atom. The minimum atomic E-state index is -0.986. The lowest BCUT2D eigenvalue weighted by Crippen LogP contribution is -2.47. The number of anilines is 1. The quantitative estimate of drug-likeness (QED) is 0.469. The lowest BCUT2D eigenvalue weighted by Gasteiger charge is -2.29. The summed E-state index contributed by atoms with van der Waals surface area (Å²) in [6.07, 6.45) is 3.11. The highest BCUT2D eigenvalue weighted by Gasteiger charge is 2.33. The Kier molecular flexibility index (Phi) is 6.05. The first-order valence-corrected chi connectivity index (χ1v) is 8.40. The van der Waals surface area contributed by atoms with Gasteiger partial charge >= 0.3 is 12.0 Å². The number of H-pyrrole nitrogens is 1. The highest BCUT2D eigenvalue weighted by Crippen LogP contribution is 2.26. The number of aromatic amines is 1. The lowest BCUT2D eigenvalue weighted by molar-refractivity contribution is -0.142. The molecule has 7 nitrogen and oxygen atoms in total. The van der Waals surface area contributed by atoms with Gasteiger partial charge in [0.15, 0.2) is 0 Å². The number of nitrogens with one attached hydrogen (secondary N) is 3. The van der Waals surface area contributed by atoms with E-state index in [1.165, 1.54) is 7.11 Å². The summed E-state index contributed by atoms with van der Waals surface area (Å²) in [5, 5.41) is 12.4. The van der Waals surface area contributed by atoms with Gasteiger partial charge in [0.1, 0.15) is 0 Å². The van der Waals surface area contributed by atoms with E-state index in [0.717, 1.165) is 3.57 Å². The van der Waals surface area contributed by atoms with Crippen LogP contribution in [0.5, 0.6) is 0 Å². The van der Waals surface area contributed by atoms with Gasteiger partial charge in [-0.1, -0.05) is 11.6 Å². The molecule has 0 fully saturated rings. The first-order valence-electron chi connectivity index (χ1n) is 6.94. The number of carbonyl (C=O) groups is 2. The van der Waals surface area contributed by atoms with Crippen molar-refractivity contribution in [2.45, 2.75) is 18.9 Å². The number of amides is 2. The monoisotopic (exact) mass is 462 g/mol. The van der Waals surface area contributed by atoms with E-state index >= 15 is 0 Å². The van der Waals surface area contributed by atoms with Gasteiger partial charge in [-0.25, -0.2) is 4.79 Å². The summed E-state index contributed by atoms with van der Waals surface area (Å²) in [6.45, 7) is 1.71. The Bertz CT molecular complexity index is 738. The third-order valence-electron chi connectivity index (χ3n) is 3.43. The fourth-order valence-corrected chi connectivity index (χ4v) is 3.03. The van der Waals surface area contributed by atoms with E-state index in [-0.39, 0.29) is 6.42 Å². The first-order chi connectivity index (χ1) is 11.3. The van der Waals surface area contributed by atoms with Gasteiger partial charge in [-0.2, -0.15) is 5.10 Å². The number of hydrogen-bond donors (Lipinski definition) is 3. The van der Waals surface area contributed by atoms with Crippen LogP contribution in [0.25, 0.3) is 0 Å².